The van der Waals surface area contributed by atoms with Crippen LogP contribution in [0.15, 0.2) is 185 Å². The van der Waals surface area contributed by atoms with Crippen LogP contribution in [0, 0.1) is 11.8 Å². The number of hydrogen-bond donors (Lipinski definition) is 0. The lowest BCUT2D eigenvalue weighted by Gasteiger charge is -2.42. The number of hydrogen-bond acceptors (Lipinski definition) is 1. The van der Waals surface area contributed by atoms with Gasteiger partial charge in [-0.2, -0.15) is 0 Å². The molecule has 244 valence electrons. The molecule has 0 fully saturated rings. The fraction of sp³-hybridized carbons (Fsp3) is 0.208. The van der Waals surface area contributed by atoms with Crippen molar-refractivity contribution in [3.05, 3.63) is 191 Å². The number of fused-ring (bicyclic) bond motifs is 5. The van der Waals surface area contributed by atoms with Crippen molar-refractivity contribution in [1.82, 2.24) is 9.47 Å². The molecule has 1 aliphatic heterocycles. The topological polar surface area (TPSA) is 8.17 Å². The predicted molar refractivity (Wildman–Crippen MR) is 210 cm³/mol. The highest BCUT2D eigenvalue weighted by atomic mass is 15.2. The minimum absolute atomic E-state index is 0.325. The first kappa shape index (κ1) is 29.6. The fourth-order valence-electron chi connectivity index (χ4n) is 9.44. The van der Waals surface area contributed by atoms with Crippen LogP contribution in [0.3, 0.4) is 0 Å². The number of benzene rings is 3. The fourth-order valence-corrected chi connectivity index (χ4v) is 9.44. The van der Waals surface area contributed by atoms with Crippen LogP contribution in [0.5, 0.6) is 0 Å². The molecule has 1 aromatic heterocycles. The minimum Gasteiger partial charge on any atom is -0.339 e. The lowest BCUT2D eigenvalue weighted by molar-refractivity contribution is 0.283. The van der Waals surface area contributed by atoms with Gasteiger partial charge in [-0.15, -0.1) is 0 Å². The van der Waals surface area contributed by atoms with E-state index in [1.165, 1.54) is 66.6 Å². The molecule has 0 saturated carbocycles. The Hall–Kier alpha value is -5.34. The molecule has 0 spiro atoms. The average molecular weight is 647 g/mol. The average Bonchev–Trinajstić information content (AvgIpc) is 3.70. The molecule has 6 aliphatic rings. The molecule has 4 aromatic rings. The molecule has 3 aromatic carbocycles. The molecule has 50 heavy (non-hydrogen) atoms. The maximum atomic E-state index is 2.84. The molecule has 2 nitrogen and oxygen atoms in total. The van der Waals surface area contributed by atoms with Crippen LogP contribution in [0.1, 0.15) is 50.5 Å². The van der Waals surface area contributed by atoms with E-state index >= 15 is 0 Å². The SMILES string of the molecule is C1=CCC(C2CC=CC(C3=CCCC=C3)=C2N2C3=C(C=CCC3)C3=CC(c4ccc5c(c4)c4ccccc4n5-c4ccccc4)=CCC32)C=C1. The molecule has 0 saturated heterocycles. The highest BCUT2D eigenvalue weighted by Gasteiger charge is 2.43. The molecule has 3 unspecified atom stereocenters. The van der Waals surface area contributed by atoms with E-state index in [2.05, 4.69) is 161 Å². The third-order valence-corrected chi connectivity index (χ3v) is 11.7. The highest BCUT2D eigenvalue weighted by molar-refractivity contribution is 6.10. The molecule has 0 N–H and O–H groups in total. The molecule has 0 amide bonds. The van der Waals surface area contributed by atoms with E-state index in [4.69, 9.17) is 0 Å². The number of nitrogens with zero attached hydrogens (tertiary/aromatic N) is 2. The van der Waals surface area contributed by atoms with Crippen LogP contribution in [0.4, 0.5) is 0 Å². The molecule has 0 radical (unpaired) electrons. The largest absolute Gasteiger partial charge is 0.339 e. The van der Waals surface area contributed by atoms with Gasteiger partial charge in [-0.05, 0) is 115 Å². The number of para-hydroxylation sites is 2. The van der Waals surface area contributed by atoms with Crippen molar-refractivity contribution in [2.45, 2.75) is 51.0 Å². The van der Waals surface area contributed by atoms with E-state index in [-0.39, 0.29) is 0 Å². The van der Waals surface area contributed by atoms with E-state index in [0.717, 1.165) is 44.9 Å². The number of rotatable bonds is 5. The molecule has 10 rings (SSSR count). The van der Waals surface area contributed by atoms with Gasteiger partial charge in [0.2, 0.25) is 0 Å². The maximum Gasteiger partial charge on any atom is 0.0627 e. The summed E-state index contributed by atoms with van der Waals surface area (Å²) in [4.78, 5) is 2.84. The smallest absolute Gasteiger partial charge is 0.0627 e. The summed E-state index contributed by atoms with van der Waals surface area (Å²) in [7, 11) is 0. The molecule has 2 heteroatoms. The van der Waals surface area contributed by atoms with Crippen LogP contribution in [-0.2, 0) is 0 Å². The Morgan fingerprint density at radius 1 is 0.620 bits per heavy atom. The van der Waals surface area contributed by atoms with Crippen molar-refractivity contribution < 1.29 is 0 Å². The van der Waals surface area contributed by atoms with E-state index in [1.54, 1.807) is 5.70 Å². The minimum atomic E-state index is 0.325. The third-order valence-electron chi connectivity index (χ3n) is 11.7. The zero-order chi connectivity index (χ0) is 33.0. The number of allylic oxidation sites excluding steroid dienone is 17. The van der Waals surface area contributed by atoms with Crippen LogP contribution >= 0.6 is 0 Å². The molecule has 3 atom stereocenters. The van der Waals surface area contributed by atoms with Crippen molar-refractivity contribution >= 4 is 27.4 Å². The van der Waals surface area contributed by atoms with Crippen LogP contribution in [0.2, 0.25) is 0 Å². The van der Waals surface area contributed by atoms with Gasteiger partial charge in [0.25, 0.3) is 0 Å². The quantitative estimate of drug-likeness (QED) is 0.209. The summed E-state index contributed by atoms with van der Waals surface area (Å²) in [5.74, 6) is 0.972. The molecule has 2 heterocycles. The summed E-state index contributed by atoms with van der Waals surface area (Å²) < 4.78 is 2.41. The van der Waals surface area contributed by atoms with Crippen molar-refractivity contribution in [3.8, 4) is 5.69 Å². The first-order valence-corrected chi connectivity index (χ1v) is 18.6. The monoisotopic (exact) mass is 646 g/mol. The van der Waals surface area contributed by atoms with Gasteiger partial charge >= 0.3 is 0 Å². The van der Waals surface area contributed by atoms with Crippen LogP contribution in [0.25, 0.3) is 33.1 Å². The van der Waals surface area contributed by atoms with Crippen LogP contribution < -0.4 is 0 Å². The van der Waals surface area contributed by atoms with E-state index in [0.29, 0.717) is 17.9 Å². The Kier molecular flexibility index (Phi) is 7.22. The van der Waals surface area contributed by atoms with Gasteiger partial charge < -0.3 is 9.47 Å². The summed E-state index contributed by atoms with van der Waals surface area (Å²) in [5, 5.41) is 2.61. The van der Waals surface area contributed by atoms with Crippen molar-refractivity contribution in [2.75, 3.05) is 0 Å². The predicted octanol–water partition coefficient (Wildman–Crippen LogP) is 12.0. The Morgan fingerprint density at radius 2 is 1.48 bits per heavy atom. The second-order valence-electron chi connectivity index (χ2n) is 14.5. The van der Waals surface area contributed by atoms with E-state index < -0.39 is 0 Å². The van der Waals surface area contributed by atoms with Gasteiger partial charge in [0.15, 0.2) is 0 Å². The summed E-state index contributed by atoms with van der Waals surface area (Å²) in [6, 6.07) is 27.1. The van der Waals surface area contributed by atoms with E-state index in [1.807, 2.05) is 0 Å². The normalized spacial score (nSPS) is 24.2. The Morgan fingerprint density at radius 3 is 2.36 bits per heavy atom. The Bertz CT molecular complexity index is 2360. The lowest BCUT2D eigenvalue weighted by Crippen LogP contribution is -2.37. The molecular weight excluding hydrogens is 605 g/mol. The Balaban J connectivity index is 1.09. The second-order valence-corrected chi connectivity index (χ2v) is 14.5. The van der Waals surface area contributed by atoms with Gasteiger partial charge in [-0.1, -0.05) is 115 Å². The Labute approximate surface area is 295 Å². The summed E-state index contributed by atoms with van der Waals surface area (Å²) in [5.41, 5.74) is 15.2. The van der Waals surface area contributed by atoms with Crippen molar-refractivity contribution in [2.24, 2.45) is 11.8 Å². The molecule has 5 aliphatic carbocycles. The summed E-state index contributed by atoms with van der Waals surface area (Å²) in [6.45, 7) is 0. The molecule has 0 bridgehead atoms. The van der Waals surface area contributed by atoms with Gasteiger partial charge in [-0.25, -0.2) is 0 Å². The number of aromatic nitrogens is 1. The summed E-state index contributed by atoms with van der Waals surface area (Å²) >= 11 is 0. The maximum absolute atomic E-state index is 2.84. The second kappa shape index (κ2) is 12.2. The van der Waals surface area contributed by atoms with Gasteiger partial charge in [0, 0.05) is 39.3 Å². The van der Waals surface area contributed by atoms with Gasteiger partial charge in [0.1, 0.15) is 0 Å². The lowest BCUT2D eigenvalue weighted by atomic mass is 9.76. The van der Waals surface area contributed by atoms with Gasteiger partial charge in [0.05, 0.1) is 17.1 Å². The van der Waals surface area contributed by atoms with Crippen LogP contribution in [-0.4, -0.2) is 15.5 Å². The first-order valence-electron chi connectivity index (χ1n) is 18.6. The van der Waals surface area contributed by atoms with Crippen molar-refractivity contribution in [3.63, 3.8) is 0 Å². The first-order chi connectivity index (χ1) is 24.8. The molecular formula is C48H42N2. The summed E-state index contributed by atoms with van der Waals surface area (Å²) in [6.07, 6.45) is 39.0. The zero-order valence-electron chi connectivity index (χ0n) is 28.5. The highest BCUT2D eigenvalue weighted by Crippen LogP contribution is 2.51. The van der Waals surface area contributed by atoms with E-state index in [9.17, 15) is 0 Å². The standard InChI is InChI=1S/C48H42N2/c1-4-15-33(16-5-1)38-23-14-24-39(34-17-6-2-7-18-34)48(38)50-45-26-13-11-22-41(45)43-32-36(28-30-47(43)50)35-27-29-46-42(31-35)40-21-10-12-25-44(40)49(46)37-19-8-3-9-20-37/h1,3-6,8-12,14-15,17-22,24-25,27-29,31-33,38,47H,2,7,13,16,23,26,30H2. The third kappa shape index (κ3) is 4.76. The van der Waals surface area contributed by atoms with Gasteiger partial charge in [-0.3, -0.25) is 0 Å². The zero-order valence-corrected chi connectivity index (χ0v) is 28.5. The van der Waals surface area contributed by atoms with Crippen molar-refractivity contribution in [1.29, 1.82) is 0 Å².